The van der Waals surface area contributed by atoms with Crippen LogP contribution in [0.1, 0.15) is 5.56 Å². The van der Waals surface area contributed by atoms with Crippen molar-refractivity contribution in [2.45, 2.75) is 11.8 Å². The normalized spacial score (nSPS) is 12.0. The SMILES string of the molecule is Cc1c(Cl)cc(S(=O)(=O)O)cc1N=Nc1ccc(O)cc1O. The molecule has 2 aromatic carbocycles. The summed E-state index contributed by atoms with van der Waals surface area (Å²) in [6.07, 6.45) is 0. The van der Waals surface area contributed by atoms with E-state index in [1.54, 1.807) is 6.92 Å². The van der Waals surface area contributed by atoms with Crippen molar-refractivity contribution in [3.8, 4) is 11.5 Å². The molecule has 0 aromatic heterocycles. The molecule has 7 nitrogen and oxygen atoms in total. The molecule has 0 spiro atoms. The predicted molar refractivity (Wildman–Crippen MR) is 80.0 cm³/mol. The van der Waals surface area contributed by atoms with Gasteiger partial charge >= 0.3 is 0 Å². The molecule has 0 heterocycles. The van der Waals surface area contributed by atoms with Crippen LogP contribution in [0.2, 0.25) is 5.02 Å². The van der Waals surface area contributed by atoms with Crippen molar-refractivity contribution in [1.82, 2.24) is 0 Å². The van der Waals surface area contributed by atoms with Gasteiger partial charge in [0.15, 0.2) is 0 Å². The summed E-state index contributed by atoms with van der Waals surface area (Å²) in [4.78, 5) is -0.410. The van der Waals surface area contributed by atoms with Gasteiger partial charge in [-0.25, -0.2) is 0 Å². The van der Waals surface area contributed by atoms with Crippen LogP contribution in [-0.4, -0.2) is 23.2 Å². The maximum absolute atomic E-state index is 11.2. The van der Waals surface area contributed by atoms with Gasteiger partial charge in [-0.3, -0.25) is 4.55 Å². The van der Waals surface area contributed by atoms with Gasteiger partial charge in [0.25, 0.3) is 10.1 Å². The molecule has 0 atom stereocenters. The number of azo groups is 1. The lowest BCUT2D eigenvalue weighted by molar-refractivity contribution is 0.451. The first-order valence-electron chi connectivity index (χ1n) is 5.90. The van der Waals surface area contributed by atoms with Crippen LogP contribution in [0.4, 0.5) is 11.4 Å². The van der Waals surface area contributed by atoms with Crippen LogP contribution in [0.25, 0.3) is 0 Å². The fourth-order valence-corrected chi connectivity index (χ4v) is 2.40. The highest BCUT2D eigenvalue weighted by atomic mass is 35.5. The third kappa shape index (κ3) is 3.53. The van der Waals surface area contributed by atoms with E-state index in [4.69, 9.17) is 16.2 Å². The molecule has 0 aliphatic heterocycles. The molecule has 116 valence electrons. The first-order valence-corrected chi connectivity index (χ1v) is 7.71. The van der Waals surface area contributed by atoms with Crippen LogP contribution in [0.3, 0.4) is 0 Å². The van der Waals surface area contributed by atoms with Crippen LogP contribution in [0.5, 0.6) is 11.5 Å². The Labute approximate surface area is 131 Å². The van der Waals surface area contributed by atoms with Crippen LogP contribution < -0.4 is 0 Å². The van der Waals surface area contributed by atoms with E-state index in [0.29, 0.717) is 5.56 Å². The summed E-state index contributed by atoms with van der Waals surface area (Å²) in [6, 6.07) is 5.93. The van der Waals surface area contributed by atoms with Gasteiger partial charge in [0, 0.05) is 11.1 Å². The Kier molecular flexibility index (Phi) is 4.36. The second-order valence-corrected chi connectivity index (χ2v) is 6.23. The highest BCUT2D eigenvalue weighted by Crippen LogP contribution is 2.34. The highest BCUT2D eigenvalue weighted by Gasteiger charge is 2.14. The lowest BCUT2D eigenvalue weighted by Crippen LogP contribution is -1.98. The third-order valence-electron chi connectivity index (χ3n) is 2.81. The van der Waals surface area contributed by atoms with E-state index >= 15 is 0 Å². The van der Waals surface area contributed by atoms with Gasteiger partial charge in [-0.15, -0.1) is 5.11 Å². The number of rotatable bonds is 3. The topological polar surface area (TPSA) is 120 Å². The second kappa shape index (κ2) is 5.91. The van der Waals surface area contributed by atoms with E-state index in [9.17, 15) is 18.6 Å². The molecule has 22 heavy (non-hydrogen) atoms. The molecule has 2 rings (SSSR count). The molecular weight excluding hydrogens is 332 g/mol. The third-order valence-corrected chi connectivity index (χ3v) is 4.04. The maximum Gasteiger partial charge on any atom is 0.294 e. The molecule has 0 radical (unpaired) electrons. The summed E-state index contributed by atoms with van der Waals surface area (Å²) in [5.74, 6) is -0.428. The van der Waals surface area contributed by atoms with Gasteiger partial charge in [0.05, 0.1) is 10.6 Å². The average Bonchev–Trinajstić information content (AvgIpc) is 2.40. The molecule has 2 aromatic rings. The van der Waals surface area contributed by atoms with Gasteiger partial charge in [-0.2, -0.15) is 13.5 Å². The van der Waals surface area contributed by atoms with Gasteiger partial charge in [0.2, 0.25) is 0 Å². The van der Waals surface area contributed by atoms with Gasteiger partial charge in [-0.1, -0.05) is 11.6 Å². The van der Waals surface area contributed by atoms with Gasteiger partial charge < -0.3 is 10.2 Å². The number of aromatic hydroxyl groups is 2. The molecule has 0 saturated heterocycles. The quantitative estimate of drug-likeness (QED) is 0.580. The fourth-order valence-electron chi connectivity index (χ4n) is 1.60. The van der Waals surface area contributed by atoms with E-state index in [1.807, 2.05) is 0 Å². The number of hydrogen-bond acceptors (Lipinski definition) is 6. The van der Waals surface area contributed by atoms with E-state index < -0.39 is 15.0 Å². The lowest BCUT2D eigenvalue weighted by Gasteiger charge is -2.05. The van der Waals surface area contributed by atoms with Crippen LogP contribution in [0, 0.1) is 6.92 Å². The number of hydrogen-bond donors (Lipinski definition) is 3. The van der Waals surface area contributed by atoms with Gasteiger partial charge in [0.1, 0.15) is 17.2 Å². The van der Waals surface area contributed by atoms with E-state index in [1.165, 1.54) is 12.1 Å². The van der Waals surface area contributed by atoms with Crippen molar-refractivity contribution in [2.24, 2.45) is 10.2 Å². The summed E-state index contributed by atoms with van der Waals surface area (Å²) in [5, 5.41) is 26.5. The molecule has 0 aliphatic rings. The van der Waals surface area contributed by atoms with Crippen molar-refractivity contribution in [2.75, 3.05) is 0 Å². The Balaban J connectivity index is 2.49. The zero-order valence-corrected chi connectivity index (χ0v) is 12.8. The molecule has 0 fully saturated rings. The number of phenols is 2. The second-order valence-electron chi connectivity index (χ2n) is 4.40. The molecule has 0 bridgehead atoms. The number of phenolic OH excluding ortho intramolecular Hbond substituents is 2. The maximum atomic E-state index is 11.2. The Morgan fingerprint density at radius 2 is 1.68 bits per heavy atom. The minimum absolute atomic E-state index is 0.0746. The van der Waals surface area contributed by atoms with E-state index in [-0.39, 0.29) is 27.9 Å². The molecule has 9 heteroatoms. The van der Waals surface area contributed by atoms with Crippen molar-refractivity contribution >= 4 is 33.1 Å². The molecule has 0 amide bonds. The van der Waals surface area contributed by atoms with Gasteiger partial charge in [-0.05, 0) is 36.8 Å². The summed E-state index contributed by atoms with van der Waals surface area (Å²) in [6.45, 7) is 1.60. The molecule has 0 aliphatic carbocycles. The van der Waals surface area contributed by atoms with E-state index in [2.05, 4.69) is 10.2 Å². The van der Waals surface area contributed by atoms with Crippen molar-refractivity contribution < 1.29 is 23.2 Å². The fraction of sp³-hybridized carbons (Fsp3) is 0.0769. The Morgan fingerprint density at radius 1 is 1.05 bits per heavy atom. The minimum Gasteiger partial charge on any atom is -0.508 e. The number of benzene rings is 2. The van der Waals surface area contributed by atoms with Crippen LogP contribution >= 0.6 is 11.6 Å². The van der Waals surface area contributed by atoms with E-state index in [0.717, 1.165) is 18.2 Å². The Bertz CT molecular complexity index is 865. The monoisotopic (exact) mass is 342 g/mol. The highest BCUT2D eigenvalue weighted by molar-refractivity contribution is 7.85. The zero-order chi connectivity index (χ0) is 16.5. The first kappa shape index (κ1) is 16.2. The largest absolute Gasteiger partial charge is 0.508 e. The summed E-state index contributed by atoms with van der Waals surface area (Å²) < 4.78 is 31.4. The Morgan fingerprint density at radius 3 is 2.27 bits per heavy atom. The number of halogens is 1. The molecule has 0 saturated carbocycles. The standard InChI is InChI=1S/C13H11ClN2O5S/c1-7-10(14)5-9(22(19,20)21)6-12(7)16-15-11-3-2-8(17)4-13(11)18/h2-6,17-18H,1H3,(H,19,20,21). The smallest absolute Gasteiger partial charge is 0.294 e. The zero-order valence-electron chi connectivity index (χ0n) is 11.2. The molecular formula is C13H11ClN2O5S. The Hall–Kier alpha value is -2.16. The summed E-state index contributed by atoms with van der Waals surface area (Å²) in [5.41, 5.74) is 0.647. The molecule has 3 N–H and O–H groups in total. The number of nitrogens with zero attached hydrogens (tertiary/aromatic N) is 2. The lowest BCUT2D eigenvalue weighted by atomic mass is 10.2. The van der Waals surface area contributed by atoms with Crippen LogP contribution in [-0.2, 0) is 10.1 Å². The van der Waals surface area contributed by atoms with Crippen LogP contribution in [0.15, 0.2) is 45.5 Å². The van der Waals surface area contributed by atoms with Crippen molar-refractivity contribution in [1.29, 1.82) is 0 Å². The summed E-state index contributed by atoms with van der Waals surface area (Å²) in [7, 11) is -4.43. The van der Waals surface area contributed by atoms with Crippen molar-refractivity contribution in [3.63, 3.8) is 0 Å². The predicted octanol–water partition coefficient (Wildman–Crippen LogP) is 3.72. The first-order chi connectivity index (χ1) is 10.2. The van der Waals surface area contributed by atoms with Crippen molar-refractivity contribution in [3.05, 3.63) is 40.9 Å². The molecule has 0 unspecified atom stereocenters. The summed E-state index contributed by atoms with van der Waals surface area (Å²) >= 11 is 5.90. The average molecular weight is 343 g/mol. The minimum atomic E-state index is -4.43.